The van der Waals surface area contributed by atoms with Crippen LogP contribution in [-0.4, -0.2) is 6.16 Å². The molecule has 0 saturated carbocycles. The highest BCUT2D eigenvalue weighted by molar-refractivity contribution is 7.43. The molecule has 1 nitrogen and oxygen atoms in total. The van der Waals surface area contributed by atoms with Crippen molar-refractivity contribution in [3.05, 3.63) is 35.9 Å². The number of benzene rings is 1. The van der Waals surface area contributed by atoms with E-state index in [1.165, 1.54) is 5.56 Å². The summed E-state index contributed by atoms with van der Waals surface area (Å²) in [7, 11) is -1.00. The van der Waals surface area contributed by atoms with Gasteiger partial charge in [0.05, 0.1) is 0 Å². The molecule has 0 N–H and O–H groups in total. The summed E-state index contributed by atoms with van der Waals surface area (Å²) < 4.78 is 11.1. The second-order valence-corrected chi connectivity index (χ2v) is 4.35. The minimum Gasteiger partial charge on any atom is -0.0776 e. The zero-order valence-electron chi connectivity index (χ0n) is 6.66. The van der Waals surface area contributed by atoms with Crippen LogP contribution in [0.25, 0.3) is 0 Å². The molecule has 0 saturated heterocycles. The Morgan fingerprint density at radius 3 is 2.33 bits per heavy atom. The predicted octanol–water partition coefficient (Wildman–Crippen LogP) is 3.67. The van der Waals surface area contributed by atoms with Gasteiger partial charge in [-0.1, -0.05) is 42.3 Å². The van der Waals surface area contributed by atoms with Gasteiger partial charge >= 0.3 is 7.80 Å². The van der Waals surface area contributed by atoms with Crippen molar-refractivity contribution in [3.8, 4) is 0 Å². The van der Waals surface area contributed by atoms with Gasteiger partial charge in [0.2, 0.25) is 0 Å². The Labute approximate surface area is 75.6 Å². The predicted molar refractivity (Wildman–Crippen MR) is 55.0 cm³/mol. The van der Waals surface area contributed by atoms with Crippen LogP contribution in [0.5, 0.6) is 0 Å². The van der Waals surface area contributed by atoms with Crippen molar-refractivity contribution in [3.63, 3.8) is 0 Å². The molecule has 0 aliphatic carbocycles. The molecule has 12 heavy (non-hydrogen) atoms. The summed E-state index contributed by atoms with van der Waals surface area (Å²) in [5.41, 5.74) is 1.18. The Bertz CT molecular complexity index is 231. The van der Waals surface area contributed by atoms with Crippen molar-refractivity contribution in [2.75, 3.05) is 6.16 Å². The molecule has 1 atom stereocenters. The van der Waals surface area contributed by atoms with Gasteiger partial charge in [-0.15, -0.1) is 0 Å². The molecule has 0 fully saturated rings. The van der Waals surface area contributed by atoms with E-state index in [4.69, 9.17) is 0 Å². The molecule has 1 unspecified atom stereocenters. The Balaban J connectivity index is 0.00000121. The van der Waals surface area contributed by atoms with Crippen LogP contribution in [0.3, 0.4) is 0 Å². The second kappa shape index (κ2) is 5.91. The summed E-state index contributed by atoms with van der Waals surface area (Å²) in [6, 6.07) is 9.97. The lowest BCUT2D eigenvalue weighted by Crippen LogP contribution is -1.78. The fourth-order valence-electron chi connectivity index (χ4n) is 0.899. The molecule has 0 spiro atoms. The summed E-state index contributed by atoms with van der Waals surface area (Å²) in [6.45, 7) is 1.96. The lowest BCUT2D eigenvalue weighted by atomic mass is 10.2. The maximum absolute atomic E-state index is 11.1. The van der Waals surface area contributed by atoms with E-state index < -0.39 is 7.80 Å². The van der Waals surface area contributed by atoms with Gasteiger partial charge in [-0.2, -0.15) is 0 Å². The average molecular weight is 183 g/mol. The van der Waals surface area contributed by atoms with Gasteiger partial charge in [-0.25, -0.2) is 0 Å². The highest BCUT2D eigenvalue weighted by Gasteiger charge is 2.10. The van der Waals surface area contributed by atoms with Crippen molar-refractivity contribution in [2.45, 2.75) is 20.5 Å². The summed E-state index contributed by atoms with van der Waals surface area (Å²) >= 11 is 0. The van der Waals surface area contributed by atoms with Gasteiger partial charge in [0, 0.05) is 0 Å². The maximum Gasteiger partial charge on any atom is 0.343 e. The molecule has 0 aromatic heterocycles. The molecule has 0 bridgehead atoms. The SMILES string of the molecule is C.CC[P+](=O)Cc1ccccc1. The Morgan fingerprint density at radius 2 is 1.83 bits per heavy atom. The largest absolute Gasteiger partial charge is 0.343 e. The van der Waals surface area contributed by atoms with E-state index in [2.05, 4.69) is 0 Å². The van der Waals surface area contributed by atoms with Crippen molar-refractivity contribution >= 4 is 7.80 Å². The number of hydrogen-bond acceptors (Lipinski definition) is 1. The zero-order chi connectivity index (χ0) is 8.10. The third-order valence-corrected chi connectivity index (χ3v) is 2.98. The van der Waals surface area contributed by atoms with Crippen LogP contribution < -0.4 is 0 Å². The van der Waals surface area contributed by atoms with Crippen molar-refractivity contribution in [1.82, 2.24) is 0 Å². The molecule has 2 heteroatoms. The monoisotopic (exact) mass is 183 g/mol. The summed E-state index contributed by atoms with van der Waals surface area (Å²) in [5.74, 6) is 0. The van der Waals surface area contributed by atoms with E-state index in [0.29, 0.717) is 0 Å². The third-order valence-electron chi connectivity index (χ3n) is 1.55. The first kappa shape index (κ1) is 11.3. The Kier molecular flexibility index (Phi) is 5.57. The quantitative estimate of drug-likeness (QED) is 0.653. The van der Waals surface area contributed by atoms with Gasteiger partial charge in [0.1, 0.15) is 6.16 Å². The molecule has 0 amide bonds. The first-order valence-corrected chi connectivity index (χ1v) is 5.42. The molecule has 0 aliphatic heterocycles. The first-order chi connectivity index (χ1) is 5.33. The van der Waals surface area contributed by atoms with Gasteiger partial charge in [0.25, 0.3) is 0 Å². The molecule has 0 aliphatic rings. The van der Waals surface area contributed by atoms with E-state index in [1.807, 2.05) is 37.3 Å². The van der Waals surface area contributed by atoms with Crippen molar-refractivity contribution < 1.29 is 4.57 Å². The Morgan fingerprint density at radius 1 is 1.25 bits per heavy atom. The molecule has 1 aromatic rings. The second-order valence-electron chi connectivity index (χ2n) is 2.44. The van der Waals surface area contributed by atoms with Crippen LogP contribution in [0.4, 0.5) is 0 Å². The van der Waals surface area contributed by atoms with E-state index in [1.54, 1.807) is 0 Å². The number of rotatable bonds is 3. The van der Waals surface area contributed by atoms with Gasteiger partial charge in [-0.3, -0.25) is 0 Å². The van der Waals surface area contributed by atoms with E-state index in [9.17, 15) is 4.57 Å². The molecule has 1 aromatic carbocycles. The van der Waals surface area contributed by atoms with Crippen molar-refractivity contribution in [2.24, 2.45) is 0 Å². The van der Waals surface area contributed by atoms with E-state index >= 15 is 0 Å². The van der Waals surface area contributed by atoms with E-state index in [0.717, 1.165) is 12.3 Å². The van der Waals surface area contributed by atoms with Gasteiger partial charge in [0.15, 0.2) is 6.16 Å². The van der Waals surface area contributed by atoms with Gasteiger partial charge in [-0.05, 0) is 12.5 Å². The molecule has 1 rings (SSSR count). The molecular formula is C10H16OP+. The summed E-state index contributed by atoms with van der Waals surface area (Å²) in [4.78, 5) is 0. The van der Waals surface area contributed by atoms with Crippen LogP contribution in [0.2, 0.25) is 0 Å². The van der Waals surface area contributed by atoms with Crippen LogP contribution in [0.15, 0.2) is 30.3 Å². The highest BCUT2D eigenvalue weighted by Crippen LogP contribution is 2.25. The normalized spacial score (nSPS) is 10.2. The number of hydrogen-bond donors (Lipinski definition) is 0. The topological polar surface area (TPSA) is 17.1 Å². The fraction of sp³-hybridized carbons (Fsp3) is 0.400. The summed E-state index contributed by atoms with van der Waals surface area (Å²) in [6.07, 6.45) is 1.51. The smallest absolute Gasteiger partial charge is 0.0776 e. The Hall–Kier alpha value is -0.680. The van der Waals surface area contributed by atoms with Crippen LogP contribution >= 0.6 is 7.80 Å². The molecule has 66 valence electrons. The maximum atomic E-state index is 11.1. The molecule has 0 heterocycles. The molecular weight excluding hydrogens is 167 g/mol. The highest BCUT2D eigenvalue weighted by atomic mass is 31.1. The zero-order valence-corrected chi connectivity index (χ0v) is 7.55. The molecule has 0 radical (unpaired) electrons. The standard InChI is InChI=1S/C9H12OP.CH4/c1-2-11(10)8-9-6-4-3-5-7-9;/h3-7H,2,8H2,1H3;1H4/q+1;. The van der Waals surface area contributed by atoms with Gasteiger partial charge < -0.3 is 0 Å². The van der Waals surface area contributed by atoms with Crippen LogP contribution in [0, 0.1) is 0 Å². The lowest BCUT2D eigenvalue weighted by molar-refractivity contribution is 0.588. The third kappa shape index (κ3) is 3.64. The fourth-order valence-corrected chi connectivity index (χ4v) is 1.74. The van der Waals surface area contributed by atoms with Crippen LogP contribution in [0.1, 0.15) is 19.9 Å². The minimum atomic E-state index is -1.00. The summed E-state index contributed by atoms with van der Waals surface area (Å²) in [5, 5.41) is 0. The average Bonchev–Trinajstić information content (AvgIpc) is 2.06. The van der Waals surface area contributed by atoms with Crippen LogP contribution in [-0.2, 0) is 10.7 Å². The first-order valence-electron chi connectivity index (χ1n) is 3.79. The lowest BCUT2D eigenvalue weighted by Gasteiger charge is -1.88. The van der Waals surface area contributed by atoms with E-state index in [-0.39, 0.29) is 7.43 Å². The van der Waals surface area contributed by atoms with Crippen molar-refractivity contribution in [1.29, 1.82) is 0 Å². The minimum absolute atomic E-state index is 0.